The van der Waals surface area contributed by atoms with E-state index in [2.05, 4.69) is 0 Å². The molecule has 0 aliphatic carbocycles. The molecule has 4 heteroatoms. The molecule has 4 rings (SSSR count). The van der Waals surface area contributed by atoms with Gasteiger partial charge in [0.15, 0.2) is 0 Å². The minimum Gasteiger partial charge on any atom is -0.496 e. The van der Waals surface area contributed by atoms with Crippen LogP contribution in [0.4, 0.5) is 0 Å². The second-order valence-electron chi connectivity index (χ2n) is 5.32. The first-order valence-electron chi connectivity index (χ1n) is 7.14. The van der Waals surface area contributed by atoms with Crippen LogP contribution >= 0.6 is 0 Å². The van der Waals surface area contributed by atoms with E-state index in [1.807, 2.05) is 36.4 Å². The van der Waals surface area contributed by atoms with Gasteiger partial charge in [0, 0.05) is 21.7 Å². The predicted octanol–water partition coefficient (Wildman–Crippen LogP) is 3.92. The van der Waals surface area contributed by atoms with Crippen molar-refractivity contribution < 1.29 is 13.9 Å². The fourth-order valence-electron chi connectivity index (χ4n) is 3.00. The summed E-state index contributed by atoms with van der Waals surface area (Å²) < 4.78 is 11.0. The van der Waals surface area contributed by atoms with E-state index in [1.54, 1.807) is 6.07 Å². The molecule has 0 aliphatic rings. The van der Waals surface area contributed by atoms with Crippen molar-refractivity contribution in [2.24, 2.45) is 0 Å². The Morgan fingerprint density at radius 1 is 1.00 bits per heavy atom. The Kier molecular flexibility index (Phi) is 2.91. The first-order valence-corrected chi connectivity index (χ1v) is 7.14. The summed E-state index contributed by atoms with van der Waals surface area (Å²) in [6, 6.07) is 14.8. The van der Waals surface area contributed by atoms with Crippen LogP contribution in [0.2, 0.25) is 0 Å². The molecule has 0 fully saturated rings. The van der Waals surface area contributed by atoms with Crippen LogP contribution in [0.5, 0.6) is 5.75 Å². The molecule has 0 amide bonds. The highest BCUT2D eigenvalue weighted by atomic mass is 16.5. The third-order valence-corrected chi connectivity index (χ3v) is 4.04. The van der Waals surface area contributed by atoms with Crippen LogP contribution in [-0.4, -0.2) is 13.4 Å². The predicted molar refractivity (Wildman–Crippen MR) is 89.4 cm³/mol. The van der Waals surface area contributed by atoms with Gasteiger partial charge < -0.3 is 9.15 Å². The highest BCUT2D eigenvalue weighted by molar-refractivity contribution is 6.16. The maximum Gasteiger partial charge on any atom is 0.344 e. The van der Waals surface area contributed by atoms with Crippen LogP contribution in [0.15, 0.2) is 57.7 Å². The van der Waals surface area contributed by atoms with Crippen molar-refractivity contribution in [3.8, 4) is 5.75 Å². The quantitative estimate of drug-likeness (QED) is 0.320. The number of hydrogen-bond donors (Lipinski definition) is 0. The summed E-state index contributed by atoms with van der Waals surface area (Å²) in [6.45, 7) is 0. The molecule has 0 saturated carbocycles. The Bertz CT molecular complexity index is 1140. The largest absolute Gasteiger partial charge is 0.496 e. The zero-order valence-corrected chi connectivity index (χ0v) is 12.3. The zero-order valence-electron chi connectivity index (χ0n) is 12.3. The number of rotatable bonds is 2. The molecule has 0 unspecified atom stereocenters. The number of ether oxygens (including phenoxy) is 1. The van der Waals surface area contributed by atoms with Crippen molar-refractivity contribution >= 4 is 38.8 Å². The molecule has 112 valence electrons. The third kappa shape index (κ3) is 1.92. The molecule has 0 saturated heterocycles. The molecule has 0 radical (unpaired) electrons. The lowest BCUT2D eigenvalue weighted by Gasteiger charge is -2.10. The first kappa shape index (κ1) is 13.5. The molecule has 0 atom stereocenters. The number of aldehydes is 1. The van der Waals surface area contributed by atoms with Crippen molar-refractivity contribution in [3.63, 3.8) is 0 Å². The van der Waals surface area contributed by atoms with E-state index >= 15 is 0 Å². The summed E-state index contributed by atoms with van der Waals surface area (Å²) in [5, 5.41) is 3.65. The molecule has 0 N–H and O–H groups in total. The number of methoxy groups -OCH3 is 1. The van der Waals surface area contributed by atoms with Crippen molar-refractivity contribution in [2.75, 3.05) is 7.11 Å². The van der Waals surface area contributed by atoms with Crippen molar-refractivity contribution in [2.45, 2.75) is 0 Å². The Hall–Kier alpha value is -3.14. The van der Waals surface area contributed by atoms with Gasteiger partial charge in [0.05, 0.1) is 12.5 Å². The third-order valence-electron chi connectivity index (χ3n) is 4.04. The van der Waals surface area contributed by atoms with E-state index in [4.69, 9.17) is 9.15 Å². The Labute approximate surface area is 130 Å². The van der Waals surface area contributed by atoms with Crippen molar-refractivity contribution in [1.29, 1.82) is 0 Å². The molecule has 23 heavy (non-hydrogen) atoms. The van der Waals surface area contributed by atoms with E-state index < -0.39 is 5.63 Å². The lowest BCUT2D eigenvalue weighted by atomic mass is 10.0. The Morgan fingerprint density at radius 2 is 1.83 bits per heavy atom. The molecular weight excluding hydrogens is 292 g/mol. The summed E-state index contributed by atoms with van der Waals surface area (Å²) >= 11 is 0. The minimum atomic E-state index is -0.481. The van der Waals surface area contributed by atoms with Crippen LogP contribution in [-0.2, 0) is 0 Å². The van der Waals surface area contributed by atoms with Gasteiger partial charge in [-0.3, -0.25) is 4.79 Å². The molecule has 1 aromatic heterocycles. The number of benzene rings is 3. The molecule has 0 spiro atoms. The van der Waals surface area contributed by atoms with Gasteiger partial charge in [-0.15, -0.1) is 0 Å². The topological polar surface area (TPSA) is 56.5 Å². The number of fused-ring (bicyclic) bond motifs is 5. The normalized spacial score (nSPS) is 11.2. The lowest BCUT2D eigenvalue weighted by molar-refractivity contribution is 0.112. The highest BCUT2D eigenvalue weighted by Gasteiger charge is 2.15. The van der Waals surface area contributed by atoms with Crippen LogP contribution in [0.25, 0.3) is 32.5 Å². The molecule has 0 bridgehead atoms. The maximum absolute atomic E-state index is 12.4. The number of hydrogen-bond acceptors (Lipinski definition) is 4. The maximum atomic E-state index is 12.4. The van der Waals surface area contributed by atoms with Gasteiger partial charge in [0.1, 0.15) is 17.6 Å². The summed E-state index contributed by atoms with van der Waals surface area (Å²) in [4.78, 5) is 23.5. The average molecular weight is 304 g/mol. The second kappa shape index (κ2) is 4.95. The molecule has 3 aromatic carbocycles. The van der Waals surface area contributed by atoms with Gasteiger partial charge >= 0.3 is 5.63 Å². The van der Waals surface area contributed by atoms with Gasteiger partial charge in [-0.1, -0.05) is 30.3 Å². The van der Waals surface area contributed by atoms with Crippen LogP contribution in [0.3, 0.4) is 0 Å². The van der Waals surface area contributed by atoms with E-state index in [0.29, 0.717) is 34.0 Å². The monoisotopic (exact) mass is 304 g/mol. The first-order chi connectivity index (χ1) is 11.2. The van der Waals surface area contributed by atoms with E-state index in [0.717, 1.165) is 16.2 Å². The smallest absolute Gasteiger partial charge is 0.344 e. The average Bonchev–Trinajstić information content (AvgIpc) is 2.60. The zero-order chi connectivity index (χ0) is 16.0. The van der Waals surface area contributed by atoms with Crippen LogP contribution in [0.1, 0.15) is 10.4 Å². The number of carbonyl (C=O) groups is 1. The van der Waals surface area contributed by atoms with Crippen LogP contribution in [0, 0.1) is 0 Å². The fourth-order valence-corrected chi connectivity index (χ4v) is 3.00. The van der Waals surface area contributed by atoms with Gasteiger partial charge in [-0.2, -0.15) is 0 Å². The van der Waals surface area contributed by atoms with Gasteiger partial charge in [0.25, 0.3) is 0 Å². The molecule has 0 aliphatic heterocycles. The second-order valence-corrected chi connectivity index (χ2v) is 5.32. The Balaban J connectivity index is 2.31. The van der Waals surface area contributed by atoms with Crippen LogP contribution < -0.4 is 10.4 Å². The van der Waals surface area contributed by atoms with Gasteiger partial charge in [0.2, 0.25) is 0 Å². The number of carbonyl (C=O) groups excluding carboxylic acids is 1. The summed E-state index contributed by atoms with van der Waals surface area (Å²) in [6.07, 6.45) is 0.686. The molecular formula is C19H12O4. The summed E-state index contributed by atoms with van der Waals surface area (Å²) in [7, 11) is 1.52. The SMILES string of the molecule is COc1cc(C=O)cc2c(=O)oc3c4ccccc4ccc3c12. The Morgan fingerprint density at radius 3 is 2.61 bits per heavy atom. The van der Waals surface area contributed by atoms with Crippen molar-refractivity contribution in [1.82, 2.24) is 0 Å². The van der Waals surface area contributed by atoms with E-state index in [9.17, 15) is 9.59 Å². The fraction of sp³-hybridized carbons (Fsp3) is 0.0526. The van der Waals surface area contributed by atoms with Gasteiger partial charge in [-0.25, -0.2) is 4.79 Å². The van der Waals surface area contributed by atoms with Crippen molar-refractivity contribution in [3.05, 3.63) is 64.5 Å². The van der Waals surface area contributed by atoms with E-state index in [-0.39, 0.29) is 0 Å². The summed E-state index contributed by atoms with van der Waals surface area (Å²) in [5.41, 5.74) is 0.422. The highest BCUT2D eigenvalue weighted by Crippen LogP contribution is 2.35. The molecule has 1 heterocycles. The van der Waals surface area contributed by atoms with Gasteiger partial charge in [-0.05, 0) is 23.6 Å². The van der Waals surface area contributed by atoms with E-state index in [1.165, 1.54) is 13.2 Å². The minimum absolute atomic E-state index is 0.342. The standard InChI is InChI=1S/C19H12O4/c1-22-16-9-11(10-20)8-15-17(16)14-7-6-12-4-2-3-5-13(12)18(14)23-19(15)21/h2-10H,1H3. The molecule has 4 nitrogen and oxygen atoms in total. The molecule has 4 aromatic rings. The summed E-state index contributed by atoms with van der Waals surface area (Å²) in [5.74, 6) is 0.484. The lowest BCUT2D eigenvalue weighted by Crippen LogP contribution is -2.02.